The molecule has 1 atom stereocenters. The van der Waals surface area contributed by atoms with Crippen LogP contribution in [-0.2, 0) is 16.1 Å². The SMILES string of the molecule is C=C/C=C(\C=C)C[C@H](NC(=O)OCc1ccccc1)C(=O)O. The van der Waals surface area contributed by atoms with Crippen LogP contribution < -0.4 is 5.32 Å². The number of hydrogen-bond acceptors (Lipinski definition) is 3. The van der Waals surface area contributed by atoms with Crippen molar-refractivity contribution in [3.8, 4) is 0 Å². The largest absolute Gasteiger partial charge is 0.480 e. The third kappa shape index (κ3) is 6.09. The maximum absolute atomic E-state index is 11.7. The number of carbonyl (C=O) groups is 2. The standard InChI is InChI=1S/C17H19NO4/c1-3-8-13(4-2)11-15(16(19)20)18-17(21)22-12-14-9-6-5-7-10-14/h3-10,15H,1-2,11-12H2,(H,18,21)(H,19,20)/b13-8+/t15-/m0/s1. The van der Waals surface area contributed by atoms with E-state index in [1.54, 1.807) is 6.08 Å². The maximum atomic E-state index is 11.7. The van der Waals surface area contributed by atoms with Gasteiger partial charge in [0.25, 0.3) is 0 Å². The number of aliphatic carboxylic acids is 1. The lowest BCUT2D eigenvalue weighted by atomic mass is 10.1. The average Bonchev–Trinajstić information content (AvgIpc) is 2.52. The number of carboxylic acid groups (broad SMARTS) is 1. The number of hydrogen-bond donors (Lipinski definition) is 2. The second-order valence-corrected chi connectivity index (χ2v) is 4.48. The Kier molecular flexibility index (Phi) is 7.19. The molecule has 1 aromatic carbocycles. The third-order valence-electron chi connectivity index (χ3n) is 2.84. The summed E-state index contributed by atoms with van der Waals surface area (Å²) >= 11 is 0. The average molecular weight is 301 g/mol. The van der Waals surface area contributed by atoms with Gasteiger partial charge in [-0.25, -0.2) is 9.59 Å². The Labute approximate surface area is 129 Å². The van der Waals surface area contributed by atoms with E-state index < -0.39 is 18.1 Å². The molecule has 0 aliphatic rings. The Morgan fingerprint density at radius 3 is 2.50 bits per heavy atom. The Morgan fingerprint density at radius 1 is 1.27 bits per heavy atom. The first-order valence-electron chi connectivity index (χ1n) is 6.71. The summed E-state index contributed by atoms with van der Waals surface area (Å²) in [6.45, 7) is 7.21. The molecule has 0 unspecified atom stereocenters. The van der Waals surface area contributed by atoms with Gasteiger partial charge >= 0.3 is 12.1 Å². The van der Waals surface area contributed by atoms with Crippen molar-refractivity contribution >= 4 is 12.1 Å². The quantitative estimate of drug-likeness (QED) is 0.724. The van der Waals surface area contributed by atoms with Gasteiger partial charge in [0, 0.05) is 6.42 Å². The van der Waals surface area contributed by atoms with Crippen molar-refractivity contribution in [3.05, 3.63) is 72.9 Å². The highest BCUT2D eigenvalue weighted by Gasteiger charge is 2.21. The van der Waals surface area contributed by atoms with Gasteiger partial charge in [0.15, 0.2) is 0 Å². The van der Waals surface area contributed by atoms with Crippen LogP contribution >= 0.6 is 0 Å². The van der Waals surface area contributed by atoms with Crippen LogP contribution in [0.1, 0.15) is 12.0 Å². The summed E-state index contributed by atoms with van der Waals surface area (Å²) in [5.74, 6) is -1.14. The lowest BCUT2D eigenvalue weighted by Gasteiger charge is -2.15. The first kappa shape index (κ1) is 17.2. The highest BCUT2D eigenvalue weighted by Crippen LogP contribution is 2.08. The number of carbonyl (C=O) groups excluding carboxylic acids is 1. The molecule has 5 nitrogen and oxygen atoms in total. The fourth-order valence-corrected chi connectivity index (χ4v) is 1.71. The summed E-state index contributed by atoms with van der Waals surface area (Å²) in [5.41, 5.74) is 1.48. The first-order chi connectivity index (χ1) is 10.6. The Hall–Kier alpha value is -2.82. The fourth-order valence-electron chi connectivity index (χ4n) is 1.71. The molecular weight excluding hydrogens is 282 g/mol. The Balaban J connectivity index is 2.57. The molecule has 0 heterocycles. The summed E-state index contributed by atoms with van der Waals surface area (Å²) in [6, 6.07) is 8.04. The summed E-state index contributed by atoms with van der Waals surface area (Å²) < 4.78 is 5.01. The minimum Gasteiger partial charge on any atom is -0.480 e. The highest BCUT2D eigenvalue weighted by molar-refractivity contribution is 5.80. The van der Waals surface area contributed by atoms with Crippen molar-refractivity contribution in [2.75, 3.05) is 0 Å². The summed E-state index contributed by atoms with van der Waals surface area (Å²) in [7, 11) is 0. The van der Waals surface area contributed by atoms with E-state index in [1.807, 2.05) is 30.3 Å². The Bertz CT molecular complexity index is 563. The lowest BCUT2D eigenvalue weighted by Crippen LogP contribution is -2.41. The molecule has 0 saturated carbocycles. The topological polar surface area (TPSA) is 75.6 Å². The van der Waals surface area contributed by atoms with E-state index in [1.165, 1.54) is 12.2 Å². The Morgan fingerprint density at radius 2 is 1.95 bits per heavy atom. The van der Waals surface area contributed by atoms with Crippen LogP contribution in [0.4, 0.5) is 4.79 Å². The van der Waals surface area contributed by atoms with E-state index in [-0.39, 0.29) is 13.0 Å². The number of amides is 1. The number of alkyl carbamates (subject to hydrolysis) is 1. The molecule has 2 N–H and O–H groups in total. The zero-order valence-corrected chi connectivity index (χ0v) is 12.2. The van der Waals surface area contributed by atoms with Crippen LogP contribution in [0.25, 0.3) is 0 Å². The van der Waals surface area contributed by atoms with Gasteiger partial charge in [0.05, 0.1) is 0 Å². The molecule has 1 amide bonds. The lowest BCUT2D eigenvalue weighted by molar-refractivity contribution is -0.139. The van der Waals surface area contributed by atoms with Gasteiger partial charge in [0.2, 0.25) is 0 Å². The van der Waals surface area contributed by atoms with Gasteiger partial charge in [-0.05, 0) is 11.1 Å². The zero-order chi connectivity index (χ0) is 16.4. The van der Waals surface area contributed by atoms with Crippen LogP contribution in [0, 0.1) is 0 Å². The van der Waals surface area contributed by atoms with Crippen molar-refractivity contribution in [2.45, 2.75) is 19.1 Å². The van der Waals surface area contributed by atoms with Crippen molar-refractivity contribution in [1.29, 1.82) is 0 Å². The molecule has 1 rings (SSSR count). The predicted octanol–water partition coefficient (Wildman–Crippen LogP) is 3.05. The first-order valence-corrected chi connectivity index (χ1v) is 6.71. The fraction of sp³-hybridized carbons (Fsp3) is 0.176. The number of rotatable bonds is 8. The molecule has 0 saturated heterocycles. The maximum Gasteiger partial charge on any atom is 0.408 e. The van der Waals surface area contributed by atoms with Gasteiger partial charge in [-0.2, -0.15) is 0 Å². The van der Waals surface area contributed by atoms with Crippen LogP contribution in [0.15, 0.2) is 67.3 Å². The third-order valence-corrected chi connectivity index (χ3v) is 2.84. The second-order valence-electron chi connectivity index (χ2n) is 4.48. The molecule has 0 radical (unpaired) electrons. The van der Waals surface area contributed by atoms with Crippen LogP contribution in [0.2, 0.25) is 0 Å². The van der Waals surface area contributed by atoms with Gasteiger partial charge in [-0.15, -0.1) is 0 Å². The molecule has 0 bridgehead atoms. The van der Waals surface area contributed by atoms with E-state index in [2.05, 4.69) is 18.5 Å². The summed E-state index contributed by atoms with van der Waals surface area (Å²) in [4.78, 5) is 22.9. The van der Waals surface area contributed by atoms with Gasteiger partial charge in [-0.1, -0.05) is 61.7 Å². The van der Waals surface area contributed by atoms with Crippen molar-refractivity contribution < 1.29 is 19.4 Å². The highest BCUT2D eigenvalue weighted by atomic mass is 16.5. The van der Waals surface area contributed by atoms with Crippen LogP contribution in [-0.4, -0.2) is 23.2 Å². The molecular formula is C17H19NO4. The minimum atomic E-state index is -1.14. The predicted molar refractivity (Wildman–Crippen MR) is 84.3 cm³/mol. The molecule has 0 fully saturated rings. The van der Waals surface area contributed by atoms with E-state index in [9.17, 15) is 9.59 Å². The molecule has 22 heavy (non-hydrogen) atoms. The normalized spacial score (nSPS) is 12.1. The summed E-state index contributed by atoms with van der Waals surface area (Å²) in [5, 5.41) is 11.5. The van der Waals surface area contributed by atoms with Crippen LogP contribution in [0.3, 0.4) is 0 Å². The van der Waals surface area contributed by atoms with E-state index in [0.29, 0.717) is 5.57 Å². The van der Waals surface area contributed by atoms with E-state index >= 15 is 0 Å². The molecule has 116 valence electrons. The monoisotopic (exact) mass is 301 g/mol. The van der Waals surface area contributed by atoms with Gasteiger partial charge in [-0.3, -0.25) is 0 Å². The number of carboxylic acids is 1. The van der Waals surface area contributed by atoms with Gasteiger partial charge < -0.3 is 15.2 Å². The molecule has 0 aromatic heterocycles. The molecule has 0 spiro atoms. The number of ether oxygens (including phenoxy) is 1. The van der Waals surface area contributed by atoms with E-state index in [0.717, 1.165) is 5.56 Å². The molecule has 1 aromatic rings. The molecule has 0 aliphatic heterocycles. The minimum absolute atomic E-state index is 0.0792. The summed E-state index contributed by atoms with van der Waals surface area (Å²) in [6.07, 6.45) is 4.02. The van der Waals surface area contributed by atoms with Crippen molar-refractivity contribution in [3.63, 3.8) is 0 Å². The number of allylic oxidation sites excluding steroid dienone is 3. The van der Waals surface area contributed by atoms with Crippen molar-refractivity contribution in [1.82, 2.24) is 5.32 Å². The zero-order valence-electron chi connectivity index (χ0n) is 12.2. The smallest absolute Gasteiger partial charge is 0.408 e. The van der Waals surface area contributed by atoms with Crippen LogP contribution in [0.5, 0.6) is 0 Å². The molecule has 0 aliphatic carbocycles. The number of nitrogens with one attached hydrogen (secondary N) is 1. The van der Waals surface area contributed by atoms with Gasteiger partial charge in [0.1, 0.15) is 12.6 Å². The molecule has 5 heteroatoms. The van der Waals surface area contributed by atoms with Crippen molar-refractivity contribution in [2.24, 2.45) is 0 Å². The van der Waals surface area contributed by atoms with E-state index in [4.69, 9.17) is 9.84 Å². The number of benzene rings is 1. The second kappa shape index (κ2) is 9.18.